The highest BCUT2D eigenvalue weighted by Gasteiger charge is 2.27. The van der Waals surface area contributed by atoms with E-state index in [4.69, 9.17) is 0 Å². The Labute approximate surface area is 183 Å². The third kappa shape index (κ3) is 4.22. The molecular weight excluding hydrogens is 412 g/mol. The van der Waals surface area contributed by atoms with E-state index in [0.717, 1.165) is 48.2 Å². The second kappa shape index (κ2) is 8.80. The molecular formula is C23H28N4O3S. The number of rotatable bonds is 6. The monoisotopic (exact) mass is 440 g/mol. The molecule has 3 aromatic rings. The highest BCUT2D eigenvalue weighted by Crippen LogP contribution is 2.23. The van der Waals surface area contributed by atoms with Gasteiger partial charge in [-0.1, -0.05) is 24.6 Å². The van der Waals surface area contributed by atoms with Gasteiger partial charge in [0.1, 0.15) is 5.82 Å². The Morgan fingerprint density at radius 2 is 1.84 bits per heavy atom. The Morgan fingerprint density at radius 3 is 2.58 bits per heavy atom. The standard InChI is InChI=1S/C23H28N4O3S/c1-3-27-21-10-6-5-9-20(21)25-22(27)16-24-23(28)19-15-18(12-11-17(19)2)31(29,30)26-13-7-4-8-14-26/h5-6,9-12,15H,3-4,7-8,13-14,16H2,1-2H3,(H,24,28). The van der Waals surface area contributed by atoms with Crippen LogP contribution in [0.2, 0.25) is 0 Å². The minimum Gasteiger partial charge on any atom is -0.345 e. The fourth-order valence-electron chi connectivity index (χ4n) is 4.13. The van der Waals surface area contributed by atoms with Gasteiger partial charge in [-0.15, -0.1) is 0 Å². The zero-order valence-electron chi connectivity index (χ0n) is 18.0. The van der Waals surface area contributed by atoms with Crippen LogP contribution in [0.5, 0.6) is 0 Å². The predicted molar refractivity (Wildman–Crippen MR) is 120 cm³/mol. The predicted octanol–water partition coefficient (Wildman–Crippen LogP) is 3.47. The molecule has 164 valence electrons. The molecule has 0 aliphatic carbocycles. The van der Waals surface area contributed by atoms with Crippen LogP contribution in [0.25, 0.3) is 11.0 Å². The highest BCUT2D eigenvalue weighted by atomic mass is 32.2. The second-order valence-electron chi connectivity index (χ2n) is 7.89. The zero-order chi connectivity index (χ0) is 22.0. The summed E-state index contributed by atoms with van der Waals surface area (Å²) >= 11 is 0. The molecule has 8 heteroatoms. The maximum absolute atomic E-state index is 13.0. The van der Waals surface area contributed by atoms with E-state index < -0.39 is 10.0 Å². The minimum atomic E-state index is -3.59. The SMILES string of the molecule is CCn1c(CNC(=O)c2cc(S(=O)(=O)N3CCCCC3)ccc2C)nc2ccccc21. The van der Waals surface area contributed by atoms with Crippen molar-refractivity contribution in [3.8, 4) is 0 Å². The van der Waals surface area contributed by atoms with Crippen molar-refractivity contribution in [2.75, 3.05) is 13.1 Å². The summed E-state index contributed by atoms with van der Waals surface area (Å²) in [5, 5.41) is 2.92. The fraction of sp³-hybridized carbons (Fsp3) is 0.391. The summed E-state index contributed by atoms with van der Waals surface area (Å²) in [6.45, 7) is 5.93. The Hall–Kier alpha value is -2.71. The third-order valence-corrected chi connectivity index (χ3v) is 7.76. The van der Waals surface area contributed by atoms with E-state index in [1.165, 1.54) is 10.4 Å². The number of nitrogens with one attached hydrogen (secondary N) is 1. The highest BCUT2D eigenvalue weighted by molar-refractivity contribution is 7.89. The average Bonchev–Trinajstić information content (AvgIpc) is 3.15. The van der Waals surface area contributed by atoms with Gasteiger partial charge in [0.25, 0.3) is 5.91 Å². The van der Waals surface area contributed by atoms with E-state index in [1.807, 2.05) is 38.1 Å². The summed E-state index contributed by atoms with van der Waals surface area (Å²) in [7, 11) is -3.59. The summed E-state index contributed by atoms with van der Waals surface area (Å²) in [6.07, 6.45) is 2.80. The number of aryl methyl sites for hydroxylation is 2. The smallest absolute Gasteiger partial charge is 0.251 e. The third-order valence-electron chi connectivity index (χ3n) is 5.86. The lowest BCUT2D eigenvalue weighted by atomic mass is 10.1. The number of hydrogen-bond acceptors (Lipinski definition) is 4. The summed E-state index contributed by atoms with van der Waals surface area (Å²) in [5.41, 5.74) is 3.02. The van der Waals surface area contributed by atoms with Crippen LogP contribution in [0.4, 0.5) is 0 Å². The van der Waals surface area contributed by atoms with Gasteiger partial charge in [0.05, 0.1) is 22.5 Å². The quantitative estimate of drug-likeness (QED) is 0.636. The van der Waals surface area contributed by atoms with Crippen LogP contribution >= 0.6 is 0 Å². The molecule has 0 radical (unpaired) electrons. The molecule has 1 aromatic heterocycles. The largest absolute Gasteiger partial charge is 0.345 e. The van der Waals surface area contributed by atoms with Gasteiger partial charge in [0.2, 0.25) is 10.0 Å². The van der Waals surface area contributed by atoms with Crippen molar-refractivity contribution in [3.63, 3.8) is 0 Å². The summed E-state index contributed by atoms with van der Waals surface area (Å²) in [4.78, 5) is 17.8. The lowest BCUT2D eigenvalue weighted by Crippen LogP contribution is -2.35. The molecule has 2 heterocycles. The van der Waals surface area contributed by atoms with Crippen molar-refractivity contribution < 1.29 is 13.2 Å². The van der Waals surface area contributed by atoms with Crippen molar-refractivity contribution in [3.05, 3.63) is 59.4 Å². The summed E-state index contributed by atoms with van der Waals surface area (Å²) in [5.74, 6) is 0.467. The number of carbonyl (C=O) groups is 1. The molecule has 0 unspecified atom stereocenters. The van der Waals surface area contributed by atoms with Crippen LogP contribution in [-0.4, -0.2) is 41.3 Å². The molecule has 1 N–H and O–H groups in total. The first-order valence-electron chi connectivity index (χ1n) is 10.7. The molecule has 4 rings (SSSR count). The van der Waals surface area contributed by atoms with Crippen LogP contribution < -0.4 is 5.32 Å². The number of hydrogen-bond donors (Lipinski definition) is 1. The molecule has 2 aromatic carbocycles. The zero-order valence-corrected chi connectivity index (χ0v) is 18.8. The van der Waals surface area contributed by atoms with E-state index >= 15 is 0 Å². The average molecular weight is 441 g/mol. The summed E-state index contributed by atoms with van der Waals surface area (Å²) in [6, 6.07) is 12.7. The van der Waals surface area contributed by atoms with Crippen LogP contribution in [0.15, 0.2) is 47.4 Å². The van der Waals surface area contributed by atoms with Gasteiger partial charge in [-0.25, -0.2) is 13.4 Å². The molecule has 1 aliphatic heterocycles. The van der Waals surface area contributed by atoms with Crippen LogP contribution in [0, 0.1) is 6.92 Å². The number of amides is 1. The topological polar surface area (TPSA) is 84.3 Å². The molecule has 1 fully saturated rings. The number of piperidine rings is 1. The summed E-state index contributed by atoms with van der Waals surface area (Å²) < 4.78 is 29.6. The molecule has 1 aliphatic rings. The molecule has 7 nitrogen and oxygen atoms in total. The number of para-hydroxylation sites is 2. The van der Waals surface area contributed by atoms with Gasteiger partial charge >= 0.3 is 0 Å². The van der Waals surface area contributed by atoms with Crippen molar-refractivity contribution in [2.45, 2.75) is 51.1 Å². The fourth-order valence-corrected chi connectivity index (χ4v) is 5.67. The van der Waals surface area contributed by atoms with Crippen molar-refractivity contribution in [1.82, 2.24) is 19.2 Å². The Kier molecular flexibility index (Phi) is 6.11. The molecule has 0 saturated carbocycles. The number of aromatic nitrogens is 2. The number of benzene rings is 2. The van der Waals surface area contributed by atoms with Gasteiger partial charge in [0.15, 0.2) is 0 Å². The van der Waals surface area contributed by atoms with Gasteiger partial charge in [-0.2, -0.15) is 4.31 Å². The maximum atomic E-state index is 13.0. The van der Waals surface area contributed by atoms with E-state index in [-0.39, 0.29) is 17.3 Å². The molecule has 0 bridgehead atoms. The molecule has 31 heavy (non-hydrogen) atoms. The first-order chi connectivity index (χ1) is 14.9. The number of fused-ring (bicyclic) bond motifs is 1. The first kappa shape index (κ1) is 21.5. The van der Waals surface area contributed by atoms with Crippen LogP contribution in [-0.2, 0) is 23.1 Å². The molecule has 1 amide bonds. The van der Waals surface area contributed by atoms with E-state index in [2.05, 4.69) is 14.9 Å². The lowest BCUT2D eigenvalue weighted by Gasteiger charge is -2.26. The second-order valence-corrected chi connectivity index (χ2v) is 9.82. The molecule has 0 atom stereocenters. The Bertz CT molecular complexity index is 1210. The van der Waals surface area contributed by atoms with Gasteiger partial charge in [-0.05, 0) is 56.5 Å². The van der Waals surface area contributed by atoms with Crippen molar-refractivity contribution >= 4 is 27.0 Å². The van der Waals surface area contributed by atoms with Crippen LogP contribution in [0.3, 0.4) is 0 Å². The Balaban J connectivity index is 1.56. The molecule has 1 saturated heterocycles. The van der Waals surface area contributed by atoms with Crippen molar-refractivity contribution in [2.24, 2.45) is 0 Å². The number of sulfonamides is 1. The van der Waals surface area contributed by atoms with Crippen LogP contribution in [0.1, 0.15) is 47.9 Å². The number of carbonyl (C=O) groups excluding carboxylic acids is 1. The van der Waals surface area contributed by atoms with Crippen molar-refractivity contribution in [1.29, 1.82) is 0 Å². The first-order valence-corrected chi connectivity index (χ1v) is 12.2. The van der Waals surface area contributed by atoms with E-state index in [9.17, 15) is 13.2 Å². The number of nitrogens with zero attached hydrogens (tertiary/aromatic N) is 3. The Morgan fingerprint density at radius 1 is 1.10 bits per heavy atom. The van der Waals surface area contributed by atoms with Gasteiger partial charge in [0, 0.05) is 25.2 Å². The lowest BCUT2D eigenvalue weighted by molar-refractivity contribution is 0.0948. The maximum Gasteiger partial charge on any atom is 0.251 e. The van der Waals surface area contributed by atoms with E-state index in [1.54, 1.807) is 12.1 Å². The number of imidazole rings is 1. The van der Waals surface area contributed by atoms with Gasteiger partial charge < -0.3 is 9.88 Å². The minimum absolute atomic E-state index is 0.172. The normalized spacial score (nSPS) is 15.3. The molecule has 0 spiro atoms. The van der Waals surface area contributed by atoms with E-state index in [0.29, 0.717) is 18.7 Å². The van der Waals surface area contributed by atoms with Gasteiger partial charge in [-0.3, -0.25) is 4.79 Å².